The van der Waals surface area contributed by atoms with E-state index in [9.17, 15) is 4.79 Å². The molecule has 0 radical (unpaired) electrons. The molecule has 1 amide bonds. The van der Waals surface area contributed by atoms with Gasteiger partial charge in [0, 0.05) is 5.56 Å². The minimum absolute atomic E-state index is 0.125. The van der Waals surface area contributed by atoms with Crippen LogP contribution in [0.4, 0.5) is 0 Å². The van der Waals surface area contributed by atoms with Gasteiger partial charge in [-0.15, -0.1) is 0 Å². The molecule has 21 heavy (non-hydrogen) atoms. The number of carbonyl (C=O) groups is 1. The third-order valence-corrected chi connectivity index (χ3v) is 3.69. The molecule has 112 valence electrons. The smallest absolute Gasteiger partial charge is 0.273 e. The molecule has 5 nitrogen and oxygen atoms in total. The molecule has 2 rings (SSSR count). The molecule has 1 atom stereocenters. The van der Waals surface area contributed by atoms with Gasteiger partial charge < -0.3 is 14.8 Å². The molecule has 1 aromatic carbocycles. The van der Waals surface area contributed by atoms with Crippen LogP contribution < -0.4 is 5.32 Å². The van der Waals surface area contributed by atoms with Crippen molar-refractivity contribution in [1.29, 1.82) is 0 Å². The zero-order valence-corrected chi connectivity index (χ0v) is 12.8. The molecule has 0 bridgehead atoms. The van der Waals surface area contributed by atoms with Crippen LogP contribution in [0.25, 0.3) is 11.5 Å². The van der Waals surface area contributed by atoms with Gasteiger partial charge >= 0.3 is 0 Å². The maximum atomic E-state index is 11.9. The van der Waals surface area contributed by atoms with Crippen LogP contribution in [0, 0.1) is 0 Å². The lowest BCUT2D eigenvalue weighted by atomic mass is 10.2. The van der Waals surface area contributed by atoms with Crippen LogP contribution >= 0.6 is 23.2 Å². The highest BCUT2D eigenvalue weighted by atomic mass is 35.5. The number of aliphatic hydroxyl groups excluding tert-OH is 1. The molecule has 0 aliphatic carbocycles. The zero-order chi connectivity index (χ0) is 15.4. The van der Waals surface area contributed by atoms with Gasteiger partial charge in [-0.25, -0.2) is 4.98 Å². The first-order valence-electron chi connectivity index (χ1n) is 6.37. The fourth-order valence-corrected chi connectivity index (χ4v) is 1.97. The van der Waals surface area contributed by atoms with Crippen LogP contribution in [0.2, 0.25) is 10.0 Å². The van der Waals surface area contributed by atoms with E-state index in [0.717, 1.165) is 0 Å². The van der Waals surface area contributed by atoms with Gasteiger partial charge in [0.15, 0.2) is 5.69 Å². The van der Waals surface area contributed by atoms with E-state index in [4.69, 9.17) is 32.7 Å². The number of aromatic nitrogens is 1. The first-order valence-corrected chi connectivity index (χ1v) is 7.13. The molecule has 0 aliphatic heterocycles. The number of carbonyl (C=O) groups excluding carboxylic acids is 1. The van der Waals surface area contributed by atoms with Crippen LogP contribution in [-0.4, -0.2) is 28.6 Å². The Morgan fingerprint density at radius 1 is 1.43 bits per heavy atom. The lowest BCUT2D eigenvalue weighted by Gasteiger charge is -2.12. The number of hydrogen-bond donors (Lipinski definition) is 2. The first kappa shape index (κ1) is 15.8. The van der Waals surface area contributed by atoms with Crippen molar-refractivity contribution in [1.82, 2.24) is 10.3 Å². The second-order valence-corrected chi connectivity index (χ2v) is 5.24. The maximum absolute atomic E-state index is 11.9. The Bertz CT molecular complexity index is 639. The number of aliphatic hydroxyl groups is 1. The summed E-state index contributed by atoms with van der Waals surface area (Å²) < 4.78 is 5.28. The van der Waals surface area contributed by atoms with Crippen molar-refractivity contribution >= 4 is 29.1 Å². The summed E-state index contributed by atoms with van der Waals surface area (Å²) in [5.74, 6) is -0.123. The van der Waals surface area contributed by atoms with Gasteiger partial charge in [0.1, 0.15) is 6.26 Å². The SMILES string of the molecule is CCC(CO)NC(=O)c1coc(-c2ccc(Cl)c(Cl)c2)n1. The summed E-state index contributed by atoms with van der Waals surface area (Å²) in [5, 5.41) is 12.5. The van der Waals surface area contributed by atoms with E-state index in [-0.39, 0.29) is 24.2 Å². The van der Waals surface area contributed by atoms with E-state index in [1.807, 2.05) is 6.92 Å². The van der Waals surface area contributed by atoms with Gasteiger partial charge in [0.25, 0.3) is 5.91 Å². The Morgan fingerprint density at radius 3 is 2.81 bits per heavy atom. The number of oxazole rings is 1. The molecule has 2 N–H and O–H groups in total. The molecule has 0 fully saturated rings. The predicted molar refractivity (Wildman–Crippen MR) is 80.6 cm³/mol. The van der Waals surface area contributed by atoms with Crippen LogP contribution in [-0.2, 0) is 0 Å². The zero-order valence-electron chi connectivity index (χ0n) is 11.3. The molecule has 1 unspecified atom stereocenters. The third kappa shape index (κ3) is 3.75. The molecule has 0 aliphatic rings. The van der Waals surface area contributed by atoms with E-state index < -0.39 is 5.91 Å². The molecule has 1 aromatic heterocycles. The van der Waals surface area contributed by atoms with Gasteiger partial charge in [0.05, 0.1) is 22.7 Å². The fraction of sp³-hybridized carbons (Fsp3) is 0.286. The number of halogens is 2. The van der Waals surface area contributed by atoms with Gasteiger partial charge in [-0.2, -0.15) is 0 Å². The molecule has 0 saturated heterocycles. The Morgan fingerprint density at radius 2 is 2.19 bits per heavy atom. The number of hydrogen-bond acceptors (Lipinski definition) is 4. The summed E-state index contributed by atoms with van der Waals surface area (Å²) >= 11 is 11.8. The summed E-state index contributed by atoms with van der Waals surface area (Å²) in [6.07, 6.45) is 1.89. The van der Waals surface area contributed by atoms with Gasteiger partial charge in [-0.05, 0) is 24.6 Å². The average Bonchev–Trinajstić information content (AvgIpc) is 2.97. The Labute approximate surface area is 131 Å². The molecule has 0 spiro atoms. The summed E-state index contributed by atoms with van der Waals surface area (Å²) in [4.78, 5) is 16.1. The van der Waals surface area contributed by atoms with Crippen molar-refractivity contribution in [2.75, 3.05) is 6.61 Å². The second kappa shape index (κ2) is 6.93. The molecule has 7 heteroatoms. The van der Waals surface area contributed by atoms with Gasteiger partial charge in [0.2, 0.25) is 5.89 Å². The largest absolute Gasteiger partial charge is 0.444 e. The van der Waals surface area contributed by atoms with E-state index >= 15 is 0 Å². The number of nitrogens with one attached hydrogen (secondary N) is 1. The molecule has 2 aromatic rings. The first-order chi connectivity index (χ1) is 10.0. The van der Waals surface area contributed by atoms with Gasteiger partial charge in [-0.1, -0.05) is 30.1 Å². The van der Waals surface area contributed by atoms with Crippen LogP contribution in [0.3, 0.4) is 0 Å². The minimum atomic E-state index is -0.397. The number of amides is 1. The summed E-state index contributed by atoms with van der Waals surface area (Å²) in [7, 11) is 0. The highest BCUT2D eigenvalue weighted by Crippen LogP contribution is 2.28. The summed E-state index contributed by atoms with van der Waals surface area (Å²) in [5.41, 5.74) is 0.764. The summed E-state index contributed by atoms with van der Waals surface area (Å²) in [6.45, 7) is 1.74. The van der Waals surface area contributed by atoms with Crippen molar-refractivity contribution in [2.45, 2.75) is 19.4 Å². The normalized spacial score (nSPS) is 12.2. The van der Waals surface area contributed by atoms with E-state index in [2.05, 4.69) is 10.3 Å². The molecule has 0 saturated carbocycles. The maximum Gasteiger partial charge on any atom is 0.273 e. The van der Waals surface area contributed by atoms with E-state index in [1.54, 1.807) is 18.2 Å². The second-order valence-electron chi connectivity index (χ2n) is 4.43. The minimum Gasteiger partial charge on any atom is -0.444 e. The number of nitrogens with zero attached hydrogens (tertiary/aromatic N) is 1. The van der Waals surface area contributed by atoms with Crippen LogP contribution in [0.1, 0.15) is 23.8 Å². The third-order valence-electron chi connectivity index (χ3n) is 2.95. The Balaban J connectivity index is 2.17. The number of benzene rings is 1. The highest BCUT2D eigenvalue weighted by molar-refractivity contribution is 6.42. The fourth-order valence-electron chi connectivity index (χ4n) is 1.68. The van der Waals surface area contributed by atoms with E-state index in [1.165, 1.54) is 6.26 Å². The standard InChI is InChI=1S/C14H14Cl2N2O3/c1-2-9(6-19)17-13(20)12-7-21-14(18-12)8-3-4-10(15)11(16)5-8/h3-5,7,9,19H,2,6H2,1H3,(H,17,20). The topological polar surface area (TPSA) is 75.4 Å². The van der Waals surface area contributed by atoms with E-state index in [0.29, 0.717) is 22.0 Å². The van der Waals surface area contributed by atoms with Crippen molar-refractivity contribution in [2.24, 2.45) is 0 Å². The van der Waals surface area contributed by atoms with Crippen molar-refractivity contribution in [3.63, 3.8) is 0 Å². The van der Waals surface area contributed by atoms with Gasteiger partial charge in [-0.3, -0.25) is 4.79 Å². The predicted octanol–water partition coefficient (Wildman–Crippen LogP) is 3.15. The molecular weight excluding hydrogens is 315 g/mol. The summed E-state index contributed by atoms with van der Waals surface area (Å²) in [6, 6.07) is 4.63. The highest BCUT2D eigenvalue weighted by Gasteiger charge is 2.16. The Hall–Kier alpha value is -1.56. The lowest BCUT2D eigenvalue weighted by Crippen LogP contribution is -2.37. The molecular formula is C14H14Cl2N2O3. The van der Waals surface area contributed by atoms with Crippen molar-refractivity contribution in [3.05, 3.63) is 40.2 Å². The average molecular weight is 329 g/mol. The molecule has 1 heterocycles. The van der Waals surface area contributed by atoms with Crippen LogP contribution in [0.5, 0.6) is 0 Å². The Kier molecular flexibility index (Phi) is 5.22. The van der Waals surface area contributed by atoms with Crippen molar-refractivity contribution < 1.29 is 14.3 Å². The quantitative estimate of drug-likeness (QED) is 0.884. The van der Waals surface area contributed by atoms with Crippen molar-refractivity contribution in [3.8, 4) is 11.5 Å². The van der Waals surface area contributed by atoms with Crippen LogP contribution in [0.15, 0.2) is 28.9 Å². The number of rotatable bonds is 5. The monoisotopic (exact) mass is 328 g/mol. The lowest BCUT2D eigenvalue weighted by molar-refractivity contribution is 0.0910.